The van der Waals surface area contributed by atoms with E-state index in [4.69, 9.17) is 4.55 Å². The van der Waals surface area contributed by atoms with Gasteiger partial charge in [0.15, 0.2) is 0 Å². The average Bonchev–Trinajstić information content (AvgIpc) is 2.70. The van der Waals surface area contributed by atoms with Crippen LogP contribution in [0.15, 0.2) is 36.4 Å². The SMILES string of the molecule is O=S(O)OC(F)C1Cc2cccc3cccc1c23. The molecule has 0 radical (unpaired) electrons. The van der Waals surface area contributed by atoms with E-state index in [1.54, 1.807) is 0 Å². The molecule has 0 saturated carbocycles. The second kappa shape index (κ2) is 4.42. The number of rotatable bonds is 3. The van der Waals surface area contributed by atoms with Crippen LogP contribution in [0, 0.1) is 0 Å². The van der Waals surface area contributed by atoms with Crippen LogP contribution in [-0.4, -0.2) is 15.1 Å². The lowest BCUT2D eigenvalue weighted by Crippen LogP contribution is -2.18. The molecule has 1 N–H and O–H groups in total. The first-order valence-corrected chi connectivity index (χ1v) is 6.62. The summed E-state index contributed by atoms with van der Waals surface area (Å²) in [5.41, 5.74) is 1.91. The fourth-order valence-electron chi connectivity index (χ4n) is 2.66. The van der Waals surface area contributed by atoms with Crippen LogP contribution in [0.2, 0.25) is 0 Å². The second-order valence-corrected chi connectivity index (χ2v) is 4.96. The van der Waals surface area contributed by atoms with Gasteiger partial charge in [0.1, 0.15) is 0 Å². The number of benzene rings is 2. The Kier molecular flexibility index (Phi) is 2.89. The van der Waals surface area contributed by atoms with E-state index in [0.717, 1.165) is 21.9 Å². The van der Waals surface area contributed by atoms with Crippen LogP contribution in [-0.2, 0) is 22.0 Å². The average molecular weight is 266 g/mol. The fourth-order valence-corrected chi connectivity index (χ4v) is 2.95. The molecule has 2 aromatic rings. The quantitative estimate of drug-likeness (QED) is 0.869. The molecule has 5 heteroatoms. The Morgan fingerprint density at radius 2 is 2.06 bits per heavy atom. The topological polar surface area (TPSA) is 46.5 Å². The molecule has 2 aromatic carbocycles. The summed E-state index contributed by atoms with van der Waals surface area (Å²) in [6.07, 6.45) is -1.27. The molecule has 1 aliphatic rings. The zero-order chi connectivity index (χ0) is 12.7. The lowest BCUT2D eigenvalue weighted by molar-refractivity contribution is 0.0474. The van der Waals surface area contributed by atoms with E-state index < -0.39 is 23.6 Å². The number of halogens is 1. The Morgan fingerprint density at radius 1 is 1.33 bits per heavy atom. The van der Waals surface area contributed by atoms with Crippen molar-refractivity contribution in [3.8, 4) is 0 Å². The monoisotopic (exact) mass is 266 g/mol. The Labute approximate surface area is 106 Å². The van der Waals surface area contributed by atoms with Gasteiger partial charge < -0.3 is 0 Å². The second-order valence-electron chi connectivity index (χ2n) is 4.34. The molecule has 0 bridgehead atoms. The predicted molar refractivity (Wildman–Crippen MR) is 67.1 cm³/mol. The van der Waals surface area contributed by atoms with E-state index in [-0.39, 0.29) is 0 Å². The maximum absolute atomic E-state index is 13.9. The molecule has 0 spiro atoms. The lowest BCUT2D eigenvalue weighted by Gasteiger charge is -2.15. The minimum Gasteiger partial charge on any atom is -0.284 e. The van der Waals surface area contributed by atoms with Crippen molar-refractivity contribution in [3.63, 3.8) is 0 Å². The Hall–Kier alpha value is -1.30. The largest absolute Gasteiger partial charge is 0.304 e. The standard InChI is InChI=1S/C13H11FO3S/c14-13(17-18(15)16)11-7-9-5-1-3-8-4-2-6-10(11)12(8)9/h1-6,11,13H,7H2,(H,15,16). The van der Waals surface area contributed by atoms with Crippen LogP contribution in [0.25, 0.3) is 10.8 Å². The summed E-state index contributed by atoms with van der Waals surface area (Å²) in [6, 6.07) is 11.5. The van der Waals surface area contributed by atoms with E-state index in [1.807, 2.05) is 36.4 Å². The van der Waals surface area contributed by atoms with Crippen LogP contribution in [0.4, 0.5) is 4.39 Å². The van der Waals surface area contributed by atoms with Gasteiger partial charge in [0.25, 0.3) is 0 Å². The van der Waals surface area contributed by atoms with Gasteiger partial charge in [-0.15, -0.1) is 0 Å². The van der Waals surface area contributed by atoms with E-state index in [1.165, 1.54) is 0 Å². The van der Waals surface area contributed by atoms with E-state index >= 15 is 0 Å². The lowest BCUT2D eigenvalue weighted by atomic mass is 10.0. The molecule has 0 saturated heterocycles. The summed E-state index contributed by atoms with van der Waals surface area (Å²) < 4.78 is 37.4. The van der Waals surface area contributed by atoms with Gasteiger partial charge >= 0.3 is 11.4 Å². The highest BCUT2D eigenvalue weighted by molar-refractivity contribution is 7.74. The third kappa shape index (κ3) is 1.84. The Balaban J connectivity index is 2.05. The number of hydrogen-bond donors (Lipinski definition) is 1. The van der Waals surface area contributed by atoms with Crippen molar-refractivity contribution in [3.05, 3.63) is 47.5 Å². The zero-order valence-electron chi connectivity index (χ0n) is 9.38. The summed E-state index contributed by atoms with van der Waals surface area (Å²) in [7, 11) is 0. The minimum absolute atomic E-state index is 0.495. The Morgan fingerprint density at radius 3 is 2.78 bits per heavy atom. The summed E-state index contributed by atoms with van der Waals surface area (Å²) in [4.78, 5) is 0. The zero-order valence-corrected chi connectivity index (χ0v) is 10.2. The van der Waals surface area contributed by atoms with Gasteiger partial charge in [-0.25, -0.2) is 8.57 Å². The molecule has 94 valence electrons. The van der Waals surface area contributed by atoms with Crippen LogP contribution in [0.5, 0.6) is 0 Å². The number of hydrogen-bond acceptors (Lipinski definition) is 2. The van der Waals surface area contributed by atoms with Crippen molar-refractivity contribution < 1.29 is 17.3 Å². The smallest absolute Gasteiger partial charge is 0.284 e. The molecule has 0 aromatic heterocycles. The van der Waals surface area contributed by atoms with Crippen molar-refractivity contribution in [1.82, 2.24) is 0 Å². The summed E-state index contributed by atoms with van der Waals surface area (Å²) in [5.74, 6) is -0.512. The van der Waals surface area contributed by atoms with E-state index in [9.17, 15) is 8.60 Å². The molecule has 3 unspecified atom stereocenters. The third-order valence-electron chi connectivity index (χ3n) is 3.35. The first kappa shape index (κ1) is 11.8. The fraction of sp³-hybridized carbons (Fsp3) is 0.231. The Bertz CT molecular complexity index is 623. The van der Waals surface area contributed by atoms with Crippen molar-refractivity contribution in [2.45, 2.75) is 18.7 Å². The first-order chi connectivity index (χ1) is 8.66. The van der Waals surface area contributed by atoms with Crippen molar-refractivity contribution in [1.29, 1.82) is 0 Å². The van der Waals surface area contributed by atoms with Crippen LogP contribution >= 0.6 is 0 Å². The van der Waals surface area contributed by atoms with Gasteiger partial charge in [-0.1, -0.05) is 36.4 Å². The van der Waals surface area contributed by atoms with Crippen LogP contribution in [0.3, 0.4) is 0 Å². The molecule has 3 nitrogen and oxygen atoms in total. The molecular weight excluding hydrogens is 255 g/mol. The normalized spacial score (nSPS) is 21.1. The summed E-state index contributed by atoms with van der Waals surface area (Å²) >= 11 is -2.58. The summed E-state index contributed by atoms with van der Waals surface area (Å²) in [5, 5.41) is 2.10. The van der Waals surface area contributed by atoms with E-state index in [2.05, 4.69) is 4.18 Å². The van der Waals surface area contributed by atoms with Crippen LogP contribution in [0.1, 0.15) is 17.0 Å². The van der Waals surface area contributed by atoms with Gasteiger partial charge in [0.05, 0.1) is 0 Å². The van der Waals surface area contributed by atoms with Gasteiger partial charge in [-0.05, 0) is 28.3 Å². The molecule has 3 rings (SSSR count). The molecular formula is C13H11FO3S. The van der Waals surface area contributed by atoms with Crippen molar-refractivity contribution in [2.75, 3.05) is 0 Å². The third-order valence-corrected chi connectivity index (χ3v) is 3.70. The molecule has 0 fully saturated rings. The van der Waals surface area contributed by atoms with Crippen molar-refractivity contribution >= 4 is 22.1 Å². The maximum Gasteiger partial charge on any atom is 0.304 e. The molecule has 3 atom stereocenters. The maximum atomic E-state index is 13.9. The molecule has 0 aliphatic heterocycles. The van der Waals surface area contributed by atoms with Crippen LogP contribution < -0.4 is 0 Å². The number of alkyl halides is 1. The highest BCUT2D eigenvalue weighted by Crippen LogP contribution is 2.41. The molecule has 0 heterocycles. The highest BCUT2D eigenvalue weighted by atomic mass is 32.2. The van der Waals surface area contributed by atoms with Gasteiger partial charge in [-0.2, -0.15) is 4.21 Å². The first-order valence-electron chi connectivity index (χ1n) is 5.59. The van der Waals surface area contributed by atoms with Gasteiger partial charge in [0.2, 0.25) is 6.36 Å². The van der Waals surface area contributed by atoms with Gasteiger partial charge in [-0.3, -0.25) is 4.55 Å². The molecule has 1 aliphatic carbocycles. The molecule has 18 heavy (non-hydrogen) atoms. The van der Waals surface area contributed by atoms with E-state index in [0.29, 0.717) is 6.42 Å². The minimum atomic E-state index is -2.58. The van der Waals surface area contributed by atoms with Crippen molar-refractivity contribution in [2.24, 2.45) is 0 Å². The predicted octanol–water partition coefficient (Wildman–Crippen LogP) is 2.93. The van der Waals surface area contributed by atoms with Gasteiger partial charge in [0, 0.05) is 5.92 Å². The molecule has 0 amide bonds. The highest BCUT2D eigenvalue weighted by Gasteiger charge is 2.32. The summed E-state index contributed by atoms with van der Waals surface area (Å²) in [6.45, 7) is 0.